The number of hydrogen-bond acceptors (Lipinski definition) is 2. The average molecular weight is 287 g/mol. The van der Waals surface area contributed by atoms with Crippen molar-refractivity contribution in [1.29, 1.82) is 0 Å². The minimum absolute atomic E-state index is 0.289. The second-order valence-electron chi connectivity index (χ2n) is 2.97. The van der Waals surface area contributed by atoms with Gasteiger partial charge in [0.25, 0.3) is 5.24 Å². The molecule has 1 heterocycles. The number of carbonyl (C=O) groups excluding carboxylic acids is 2. The Balaban J connectivity index is 2.73. The highest BCUT2D eigenvalue weighted by Gasteiger charge is 2.18. The molecule has 0 unspecified atom stereocenters. The maximum Gasteiger partial charge on any atom is 0.293 e. The zero-order valence-electron chi connectivity index (χ0n) is 7.38. The summed E-state index contributed by atoms with van der Waals surface area (Å²) in [5.74, 6) is -0.699. The molecule has 0 radical (unpaired) electrons. The van der Waals surface area contributed by atoms with E-state index in [9.17, 15) is 9.59 Å². The van der Waals surface area contributed by atoms with E-state index in [2.05, 4.69) is 20.9 Å². The van der Waals surface area contributed by atoms with Gasteiger partial charge in [0, 0.05) is 21.6 Å². The van der Waals surface area contributed by atoms with Crippen molar-refractivity contribution in [1.82, 2.24) is 4.98 Å². The number of hydrogen-bond donors (Lipinski definition) is 1. The first-order valence-electron chi connectivity index (χ1n) is 4.11. The second-order valence-corrected chi connectivity index (χ2v) is 4.17. The van der Waals surface area contributed by atoms with Gasteiger partial charge in [0.15, 0.2) is 0 Å². The summed E-state index contributed by atoms with van der Waals surface area (Å²) in [5, 5.41) is -0.303. The summed E-state index contributed by atoms with van der Waals surface area (Å²) in [6, 6.07) is 5.45. The molecule has 0 aliphatic rings. The van der Waals surface area contributed by atoms with E-state index in [0.717, 1.165) is 9.99 Å². The first-order valence-corrected chi connectivity index (χ1v) is 5.28. The number of aromatic nitrogens is 1. The third-order valence-corrected chi connectivity index (χ3v) is 2.91. The van der Waals surface area contributed by atoms with E-state index in [1.165, 1.54) is 6.20 Å². The molecule has 0 spiro atoms. The molecule has 2 aromatic rings. The van der Waals surface area contributed by atoms with Gasteiger partial charge in [0.05, 0.1) is 5.56 Å². The highest BCUT2D eigenvalue weighted by molar-refractivity contribution is 9.10. The van der Waals surface area contributed by atoms with Gasteiger partial charge in [-0.2, -0.15) is 0 Å². The van der Waals surface area contributed by atoms with Crippen LogP contribution in [0.2, 0.25) is 0 Å². The van der Waals surface area contributed by atoms with Gasteiger partial charge >= 0.3 is 0 Å². The first kappa shape index (κ1) is 10.4. The van der Waals surface area contributed by atoms with E-state index >= 15 is 0 Å². The summed E-state index contributed by atoms with van der Waals surface area (Å²) >= 11 is 8.47. The smallest absolute Gasteiger partial charge is 0.293 e. The summed E-state index contributed by atoms with van der Waals surface area (Å²) in [6.45, 7) is 0. The van der Waals surface area contributed by atoms with Crippen LogP contribution in [-0.2, 0) is 4.79 Å². The molecule has 0 aliphatic heterocycles. The molecular formula is C10H5BrClNO2. The molecule has 1 aromatic carbocycles. The molecule has 15 heavy (non-hydrogen) atoms. The monoisotopic (exact) mass is 285 g/mol. The zero-order chi connectivity index (χ0) is 11.0. The van der Waals surface area contributed by atoms with Crippen LogP contribution in [0.3, 0.4) is 0 Å². The number of Topliss-reactive ketones (excluding diaryl/α,β-unsaturated/α-hetero) is 1. The summed E-state index contributed by atoms with van der Waals surface area (Å²) in [6.07, 6.45) is 1.48. The Hall–Kier alpha value is -1.13. The molecule has 0 atom stereocenters. The van der Waals surface area contributed by atoms with E-state index in [0.29, 0.717) is 5.39 Å². The van der Waals surface area contributed by atoms with Gasteiger partial charge in [0.1, 0.15) is 0 Å². The Morgan fingerprint density at radius 2 is 2.07 bits per heavy atom. The topological polar surface area (TPSA) is 49.9 Å². The van der Waals surface area contributed by atoms with Crippen LogP contribution >= 0.6 is 27.5 Å². The predicted molar refractivity (Wildman–Crippen MR) is 61.2 cm³/mol. The molecule has 2 rings (SSSR count). The SMILES string of the molecule is O=C(Cl)C(=O)c1c[nH]c2cccc(Br)c12. The molecule has 0 amide bonds. The number of ketones is 1. The third kappa shape index (κ3) is 1.70. The molecule has 76 valence electrons. The van der Waals surface area contributed by atoms with Crippen molar-refractivity contribution in [3.05, 3.63) is 34.4 Å². The first-order chi connectivity index (χ1) is 7.11. The Kier molecular flexibility index (Phi) is 2.63. The number of benzene rings is 1. The van der Waals surface area contributed by atoms with Crippen molar-refractivity contribution in [3.63, 3.8) is 0 Å². The minimum Gasteiger partial charge on any atom is -0.360 e. The summed E-state index contributed by atoms with van der Waals surface area (Å²) in [5.41, 5.74) is 1.07. The van der Waals surface area contributed by atoms with Crippen LogP contribution in [0.15, 0.2) is 28.9 Å². The molecule has 0 fully saturated rings. The quantitative estimate of drug-likeness (QED) is 0.524. The summed E-state index contributed by atoms with van der Waals surface area (Å²) in [4.78, 5) is 25.1. The Labute approximate surface area is 98.5 Å². The number of aromatic amines is 1. The second kappa shape index (κ2) is 3.79. The fourth-order valence-corrected chi connectivity index (χ4v) is 2.11. The average Bonchev–Trinajstić information content (AvgIpc) is 2.61. The van der Waals surface area contributed by atoms with Crippen molar-refractivity contribution >= 4 is 49.5 Å². The van der Waals surface area contributed by atoms with Gasteiger partial charge in [-0.15, -0.1) is 0 Å². The molecular weight excluding hydrogens is 281 g/mol. The lowest BCUT2D eigenvalue weighted by Crippen LogP contribution is -2.06. The highest BCUT2D eigenvalue weighted by atomic mass is 79.9. The van der Waals surface area contributed by atoms with Crippen LogP contribution in [0.5, 0.6) is 0 Å². The van der Waals surface area contributed by atoms with Gasteiger partial charge in [-0.1, -0.05) is 22.0 Å². The highest BCUT2D eigenvalue weighted by Crippen LogP contribution is 2.27. The number of carbonyl (C=O) groups is 2. The van der Waals surface area contributed by atoms with E-state index < -0.39 is 11.0 Å². The normalized spacial score (nSPS) is 10.5. The lowest BCUT2D eigenvalue weighted by Gasteiger charge is -1.96. The molecule has 0 aliphatic carbocycles. The van der Waals surface area contributed by atoms with Crippen LogP contribution < -0.4 is 0 Å². The summed E-state index contributed by atoms with van der Waals surface area (Å²) < 4.78 is 0.752. The van der Waals surface area contributed by atoms with E-state index in [4.69, 9.17) is 11.6 Å². The van der Waals surface area contributed by atoms with Gasteiger partial charge in [-0.25, -0.2) is 0 Å². The lowest BCUT2D eigenvalue weighted by molar-refractivity contribution is -0.108. The van der Waals surface area contributed by atoms with E-state index in [1.807, 2.05) is 12.1 Å². The fraction of sp³-hybridized carbons (Fsp3) is 0. The van der Waals surface area contributed by atoms with Gasteiger partial charge in [0.2, 0.25) is 5.78 Å². The molecule has 1 aromatic heterocycles. The maximum atomic E-state index is 11.4. The van der Waals surface area contributed by atoms with Crippen molar-refractivity contribution < 1.29 is 9.59 Å². The largest absolute Gasteiger partial charge is 0.360 e. The van der Waals surface area contributed by atoms with Crippen molar-refractivity contribution in [2.24, 2.45) is 0 Å². The molecule has 1 N–H and O–H groups in total. The number of rotatable bonds is 2. The van der Waals surface area contributed by atoms with Crippen molar-refractivity contribution in [2.75, 3.05) is 0 Å². The van der Waals surface area contributed by atoms with Gasteiger partial charge < -0.3 is 4.98 Å². The maximum absolute atomic E-state index is 11.4. The molecule has 3 nitrogen and oxygen atoms in total. The van der Waals surface area contributed by atoms with Crippen LogP contribution in [0.1, 0.15) is 10.4 Å². The van der Waals surface area contributed by atoms with Crippen LogP contribution in [0, 0.1) is 0 Å². The lowest BCUT2D eigenvalue weighted by atomic mass is 10.1. The number of halogens is 2. The minimum atomic E-state index is -0.980. The molecule has 0 saturated heterocycles. The Bertz CT molecular complexity index is 562. The van der Waals surface area contributed by atoms with Gasteiger partial charge in [-0.3, -0.25) is 9.59 Å². The predicted octanol–water partition coefficient (Wildman–Crippen LogP) is 2.88. The Morgan fingerprint density at radius 3 is 2.73 bits per heavy atom. The number of H-pyrrole nitrogens is 1. The number of fused-ring (bicyclic) bond motifs is 1. The fourth-order valence-electron chi connectivity index (χ4n) is 1.43. The summed E-state index contributed by atoms with van der Waals surface area (Å²) in [7, 11) is 0. The Morgan fingerprint density at radius 1 is 1.33 bits per heavy atom. The van der Waals surface area contributed by atoms with E-state index in [-0.39, 0.29) is 5.56 Å². The van der Waals surface area contributed by atoms with Crippen molar-refractivity contribution in [3.8, 4) is 0 Å². The molecule has 5 heteroatoms. The molecule has 0 saturated carbocycles. The van der Waals surface area contributed by atoms with Crippen LogP contribution in [-0.4, -0.2) is 16.0 Å². The van der Waals surface area contributed by atoms with Crippen molar-refractivity contribution in [2.45, 2.75) is 0 Å². The standard InChI is InChI=1S/C10H5BrClNO2/c11-6-2-1-3-7-8(6)5(4-13-7)9(14)10(12)15/h1-4,13H. The van der Waals surface area contributed by atoms with Crippen LogP contribution in [0.25, 0.3) is 10.9 Å². The van der Waals surface area contributed by atoms with Crippen LogP contribution in [0.4, 0.5) is 0 Å². The molecule has 0 bridgehead atoms. The number of nitrogens with one attached hydrogen (secondary N) is 1. The van der Waals surface area contributed by atoms with E-state index in [1.54, 1.807) is 6.07 Å². The third-order valence-electron chi connectivity index (χ3n) is 2.08. The van der Waals surface area contributed by atoms with Gasteiger partial charge in [-0.05, 0) is 23.7 Å². The zero-order valence-corrected chi connectivity index (χ0v) is 9.72.